The van der Waals surface area contributed by atoms with E-state index in [0.29, 0.717) is 10.0 Å². The quantitative estimate of drug-likeness (QED) is 0.796. The van der Waals surface area contributed by atoms with Crippen LogP contribution in [0.5, 0.6) is 11.5 Å². The summed E-state index contributed by atoms with van der Waals surface area (Å²) in [4.78, 5) is 0. The van der Waals surface area contributed by atoms with Gasteiger partial charge in [0, 0.05) is 17.7 Å². The van der Waals surface area contributed by atoms with E-state index >= 15 is 0 Å². The minimum atomic E-state index is -0.478. The molecule has 0 saturated heterocycles. The molecule has 0 fully saturated rings. The maximum atomic E-state index is 14.1. The molecule has 0 amide bonds. The van der Waals surface area contributed by atoms with E-state index < -0.39 is 11.6 Å². The van der Waals surface area contributed by atoms with E-state index in [9.17, 15) is 8.78 Å². The first-order chi connectivity index (χ1) is 10.0. The fourth-order valence-electron chi connectivity index (χ4n) is 2.06. The number of benzene rings is 2. The highest BCUT2D eigenvalue weighted by Crippen LogP contribution is 2.35. The van der Waals surface area contributed by atoms with Gasteiger partial charge in [-0.2, -0.15) is 0 Å². The van der Waals surface area contributed by atoms with Crippen molar-refractivity contribution in [3.8, 4) is 11.5 Å². The Morgan fingerprint density at radius 2 is 2.00 bits per heavy atom. The third-order valence-corrected chi connectivity index (χ3v) is 3.73. The highest BCUT2D eigenvalue weighted by molar-refractivity contribution is 9.10. The van der Waals surface area contributed by atoms with Crippen molar-refractivity contribution in [1.82, 2.24) is 5.32 Å². The lowest BCUT2D eigenvalue weighted by molar-refractivity contribution is 0.421. The van der Waals surface area contributed by atoms with Crippen LogP contribution in [0.15, 0.2) is 40.9 Å². The first kappa shape index (κ1) is 15.9. The molecule has 2 aromatic rings. The van der Waals surface area contributed by atoms with Gasteiger partial charge in [0.15, 0.2) is 11.6 Å². The third-order valence-electron chi connectivity index (χ3n) is 3.08. The summed E-state index contributed by atoms with van der Waals surface area (Å²) in [6.07, 6.45) is 0. The van der Waals surface area contributed by atoms with Gasteiger partial charge >= 0.3 is 0 Å². The summed E-state index contributed by atoms with van der Waals surface area (Å²) < 4.78 is 33.6. The van der Waals surface area contributed by atoms with E-state index in [0.717, 1.165) is 6.54 Å². The number of nitrogens with one attached hydrogen (secondary N) is 1. The van der Waals surface area contributed by atoms with E-state index in [1.807, 2.05) is 13.8 Å². The van der Waals surface area contributed by atoms with Gasteiger partial charge in [-0.1, -0.05) is 19.1 Å². The van der Waals surface area contributed by atoms with Crippen LogP contribution in [0.25, 0.3) is 0 Å². The Bertz CT molecular complexity index is 634. The van der Waals surface area contributed by atoms with Gasteiger partial charge in [-0.05, 0) is 47.6 Å². The maximum absolute atomic E-state index is 14.1. The van der Waals surface area contributed by atoms with Crippen molar-refractivity contribution < 1.29 is 13.5 Å². The van der Waals surface area contributed by atoms with Crippen molar-refractivity contribution in [2.45, 2.75) is 19.9 Å². The van der Waals surface area contributed by atoms with Crippen LogP contribution in [0.1, 0.15) is 25.5 Å². The summed E-state index contributed by atoms with van der Waals surface area (Å²) in [7, 11) is 0. The highest BCUT2D eigenvalue weighted by atomic mass is 79.9. The number of hydrogen-bond acceptors (Lipinski definition) is 2. The van der Waals surface area contributed by atoms with Crippen LogP contribution in [-0.2, 0) is 0 Å². The van der Waals surface area contributed by atoms with E-state index in [2.05, 4.69) is 21.2 Å². The summed E-state index contributed by atoms with van der Waals surface area (Å²) in [5.41, 5.74) is 0.688. The van der Waals surface area contributed by atoms with E-state index in [1.54, 1.807) is 12.1 Å². The molecule has 1 atom stereocenters. The molecule has 5 heteroatoms. The second-order valence-electron chi connectivity index (χ2n) is 4.61. The Hall–Kier alpha value is -1.46. The van der Waals surface area contributed by atoms with Gasteiger partial charge in [0.1, 0.15) is 11.6 Å². The number of rotatable bonds is 5. The molecule has 1 unspecified atom stereocenters. The third kappa shape index (κ3) is 3.80. The van der Waals surface area contributed by atoms with E-state index in [-0.39, 0.29) is 17.5 Å². The number of halogens is 3. The largest absolute Gasteiger partial charge is 0.453 e. The Morgan fingerprint density at radius 3 is 2.71 bits per heavy atom. The lowest BCUT2D eigenvalue weighted by atomic mass is 10.1. The summed E-state index contributed by atoms with van der Waals surface area (Å²) in [6, 6.07) is 8.72. The molecule has 1 N–H and O–H groups in total. The SMILES string of the molecule is CCNC(C)c1cccc(F)c1Oc1cc(F)ccc1Br. The first-order valence-electron chi connectivity index (χ1n) is 6.67. The van der Waals surface area contributed by atoms with Gasteiger partial charge in [-0.3, -0.25) is 0 Å². The predicted octanol–water partition coefficient (Wildman–Crippen LogP) is 5.19. The van der Waals surface area contributed by atoms with E-state index in [1.165, 1.54) is 24.3 Å². The monoisotopic (exact) mass is 355 g/mol. The second-order valence-corrected chi connectivity index (χ2v) is 5.47. The molecule has 2 rings (SSSR count). The van der Waals surface area contributed by atoms with Gasteiger partial charge in [0.05, 0.1) is 4.47 Å². The van der Waals surface area contributed by atoms with Crippen molar-refractivity contribution in [2.24, 2.45) is 0 Å². The van der Waals surface area contributed by atoms with Crippen LogP contribution in [0, 0.1) is 11.6 Å². The standard InChI is InChI=1S/C16H16BrF2NO/c1-3-20-10(2)12-5-4-6-14(19)16(12)21-15-9-11(18)7-8-13(15)17/h4-10,20H,3H2,1-2H3. The van der Waals surface area contributed by atoms with Crippen molar-refractivity contribution in [2.75, 3.05) is 6.54 Å². The molecule has 0 aromatic heterocycles. The molecule has 0 radical (unpaired) electrons. The molecule has 0 saturated carbocycles. The van der Waals surface area contributed by atoms with Gasteiger partial charge in [0.25, 0.3) is 0 Å². The predicted molar refractivity (Wildman–Crippen MR) is 82.7 cm³/mol. The van der Waals surface area contributed by atoms with Crippen molar-refractivity contribution in [1.29, 1.82) is 0 Å². The van der Waals surface area contributed by atoms with Crippen LogP contribution >= 0.6 is 15.9 Å². The number of para-hydroxylation sites is 1. The summed E-state index contributed by atoms with van der Waals surface area (Å²) in [5, 5.41) is 3.21. The van der Waals surface area contributed by atoms with Crippen LogP contribution < -0.4 is 10.1 Å². The topological polar surface area (TPSA) is 21.3 Å². The smallest absolute Gasteiger partial charge is 0.167 e. The van der Waals surface area contributed by atoms with Crippen LogP contribution in [-0.4, -0.2) is 6.54 Å². The lowest BCUT2D eigenvalue weighted by Crippen LogP contribution is -2.18. The van der Waals surface area contributed by atoms with Crippen LogP contribution in [0.2, 0.25) is 0 Å². The molecular formula is C16H16BrF2NO. The average molecular weight is 356 g/mol. The lowest BCUT2D eigenvalue weighted by Gasteiger charge is -2.18. The van der Waals surface area contributed by atoms with Gasteiger partial charge in [-0.25, -0.2) is 8.78 Å². The van der Waals surface area contributed by atoms with Crippen LogP contribution in [0.4, 0.5) is 8.78 Å². The zero-order chi connectivity index (χ0) is 15.4. The Balaban J connectivity index is 2.41. The number of hydrogen-bond donors (Lipinski definition) is 1. The molecule has 0 aliphatic heterocycles. The summed E-state index contributed by atoms with van der Waals surface area (Å²) in [5.74, 6) is -0.568. The molecule has 0 bridgehead atoms. The first-order valence-corrected chi connectivity index (χ1v) is 7.47. The minimum Gasteiger partial charge on any atom is -0.453 e. The fourth-order valence-corrected chi connectivity index (χ4v) is 2.38. The zero-order valence-electron chi connectivity index (χ0n) is 11.8. The molecule has 112 valence electrons. The number of ether oxygens (including phenoxy) is 1. The minimum absolute atomic E-state index is 0.0759. The molecule has 0 spiro atoms. The maximum Gasteiger partial charge on any atom is 0.167 e. The van der Waals surface area contributed by atoms with E-state index in [4.69, 9.17) is 4.74 Å². The Kier molecular flexibility index (Phi) is 5.31. The molecule has 0 heterocycles. The van der Waals surface area contributed by atoms with Crippen molar-refractivity contribution in [3.63, 3.8) is 0 Å². The Labute approximate surface area is 131 Å². The highest BCUT2D eigenvalue weighted by Gasteiger charge is 2.17. The summed E-state index contributed by atoms with van der Waals surface area (Å²) >= 11 is 3.28. The molecule has 0 aliphatic carbocycles. The fraction of sp³-hybridized carbons (Fsp3) is 0.250. The zero-order valence-corrected chi connectivity index (χ0v) is 13.4. The van der Waals surface area contributed by atoms with Crippen molar-refractivity contribution >= 4 is 15.9 Å². The molecule has 2 nitrogen and oxygen atoms in total. The van der Waals surface area contributed by atoms with Gasteiger partial charge in [-0.15, -0.1) is 0 Å². The molecular weight excluding hydrogens is 340 g/mol. The molecule has 2 aromatic carbocycles. The second kappa shape index (κ2) is 7.00. The Morgan fingerprint density at radius 1 is 1.24 bits per heavy atom. The average Bonchev–Trinajstić information content (AvgIpc) is 2.45. The molecule has 21 heavy (non-hydrogen) atoms. The normalized spacial score (nSPS) is 12.2. The van der Waals surface area contributed by atoms with Crippen molar-refractivity contribution in [3.05, 3.63) is 58.1 Å². The van der Waals surface area contributed by atoms with Gasteiger partial charge < -0.3 is 10.1 Å². The van der Waals surface area contributed by atoms with Gasteiger partial charge in [0.2, 0.25) is 0 Å². The van der Waals surface area contributed by atoms with Crippen LogP contribution in [0.3, 0.4) is 0 Å². The molecule has 0 aliphatic rings. The summed E-state index contributed by atoms with van der Waals surface area (Å²) in [6.45, 7) is 4.64.